The Morgan fingerprint density at radius 3 is 2.27 bits per heavy atom. The van der Waals surface area contributed by atoms with E-state index in [1.165, 1.54) is 0 Å². The number of Topliss-reactive ketones (excluding diaryl/α,β-unsaturated/α-hetero) is 1. The van der Waals surface area contributed by atoms with Gasteiger partial charge < -0.3 is 9.47 Å². The quantitative estimate of drug-likeness (QED) is 0.845. The summed E-state index contributed by atoms with van der Waals surface area (Å²) in [5, 5.41) is 0. The lowest BCUT2D eigenvalue weighted by Crippen LogP contribution is -2.01. The number of ether oxygens (including phenoxy) is 2. The standard InChI is InChI=1S/C11H13BrO3/c1-7(13)6-8-9(14-2)4-5-10(15-3)11(8)12/h4-5H,6H2,1-3H3. The van der Waals surface area contributed by atoms with Gasteiger partial charge in [0.1, 0.15) is 17.3 Å². The average molecular weight is 273 g/mol. The van der Waals surface area contributed by atoms with E-state index in [1.54, 1.807) is 33.3 Å². The normalized spacial score (nSPS) is 9.87. The molecule has 15 heavy (non-hydrogen) atoms. The summed E-state index contributed by atoms with van der Waals surface area (Å²) in [7, 11) is 3.17. The van der Waals surface area contributed by atoms with E-state index < -0.39 is 0 Å². The van der Waals surface area contributed by atoms with Crippen LogP contribution >= 0.6 is 15.9 Å². The molecule has 0 aliphatic carbocycles. The van der Waals surface area contributed by atoms with Crippen LogP contribution in [0.3, 0.4) is 0 Å². The number of ketones is 1. The number of methoxy groups -OCH3 is 2. The highest BCUT2D eigenvalue weighted by atomic mass is 79.9. The van der Waals surface area contributed by atoms with Gasteiger partial charge in [0.25, 0.3) is 0 Å². The third-order valence-electron chi connectivity index (χ3n) is 2.03. The lowest BCUT2D eigenvalue weighted by molar-refractivity contribution is -0.116. The van der Waals surface area contributed by atoms with Crippen LogP contribution in [-0.4, -0.2) is 20.0 Å². The summed E-state index contributed by atoms with van der Waals surface area (Å²) in [6.45, 7) is 1.55. The number of carbonyl (C=O) groups excluding carboxylic acids is 1. The van der Waals surface area contributed by atoms with E-state index in [1.807, 2.05) is 0 Å². The molecule has 0 bridgehead atoms. The molecule has 0 spiro atoms. The topological polar surface area (TPSA) is 35.5 Å². The van der Waals surface area contributed by atoms with E-state index in [2.05, 4.69) is 15.9 Å². The zero-order chi connectivity index (χ0) is 11.4. The number of halogens is 1. The molecule has 0 heterocycles. The predicted octanol–water partition coefficient (Wildman–Crippen LogP) is 2.60. The molecular formula is C11H13BrO3. The van der Waals surface area contributed by atoms with Gasteiger partial charge in [-0.25, -0.2) is 0 Å². The van der Waals surface area contributed by atoms with Crippen LogP contribution < -0.4 is 9.47 Å². The van der Waals surface area contributed by atoms with E-state index in [-0.39, 0.29) is 5.78 Å². The molecule has 0 N–H and O–H groups in total. The van der Waals surface area contributed by atoms with Crippen molar-refractivity contribution in [1.29, 1.82) is 0 Å². The first-order chi connectivity index (χ1) is 7.10. The minimum absolute atomic E-state index is 0.0854. The van der Waals surface area contributed by atoms with Crippen molar-refractivity contribution in [2.75, 3.05) is 14.2 Å². The molecule has 0 radical (unpaired) electrons. The lowest BCUT2D eigenvalue weighted by atomic mass is 10.1. The van der Waals surface area contributed by atoms with Crippen molar-refractivity contribution in [2.24, 2.45) is 0 Å². The second-order valence-corrected chi connectivity index (χ2v) is 3.93. The van der Waals surface area contributed by atoms with Crippen LogP contribution in [0.1, 0.15) is 12.5 Å². The van der Waals surface area contributed by atoms with Crippen molar-refractivity contribution in [1.82, 2.24) is 0 Å². The molecule has 0 aromatic heterocycles. The molecule has 0 aliphatic heterocycles. The average Bonchev–Trinajstić information content (AvgIpc) is 2.20. The van der Waals surface area contributed by atoms with Gasteiger partial charge in [-0.1, -0.05) is 0 Å². The lowest BCUT2D eigenvalue weighted by Gasteiger charge is -2.12. The van der Waals surface area contributed by atoms with Gasteiger partial charge in [-0.2, -0.15) is 0 Å². The molecule has 0 aliphatic rings. The maximum atomic E-state index is 11.1. The van der Waals surface area contributed by atoms with E-state index >= 15 is 0 Å². The van der Waals surface area contributed by atoms with E-state index in [0.717, 1.165) is 10.0 Å². The van der Waals surface area contributed by atoms with Crippen LogP contribution in [0, 0.1) is 0 Å². The molecule has 0 fully saturated rings. The molecular weight excluding hydrogens is 260 g/mol. The van der Waals surface area contributed by atoms with Crippen LogP contribution in [0.5, 0.6) is 11.5 Å². The summed E-state index contributed by atoms with van der Waals surface area (Å²) in [4.78, 5) is 11.1. The van der Waals surface area contributed by atoms with Crippen LogP contribution in [0.25, 0.3) is 0 Å². The van der Waals surface area contributed by atoms with Crippen LogP contribution in [0.4, 0.5) is 0 Å². The van der Waals surface area contributed by atoms with Gasteiger partial charge in [0.2, 0.25) is 0 Å². The fourth-order valence-electron chi connectivity index (χ4n) is 1.34. The highest BCUT2D eigenvalue weighted by molar-refractivity contribution is 9.10. The van der Waals surface area contributed by atoms with Crippen LogP contribution in [-0.2, 0) is 11.2 Å². The Balaban J connectivity index is 3.22. The minimum Gasteiger partial charge on any atom is -0.496 e. The van der Waals surface area contributed by atoms with Crippen molar-refractivity contribution >= 4 is 21.7 Å². The van der Waals surface area contributed by atoms with E-state index in [0.29, 0.717) is 17.9 Å². The smallest absolute Gasteiger partial charge is 0.134 e. The second-order valence-electron chi connectivity index (χ2n) is 3.14. The zero-order valence-electron chi connectivity index (χ0n) is 8.96. The van der Waals surface area contributed by atoms with Gasteiger partial charge in [-0.05, 0) is 35.0 Å². The molecule has 0 unspecified atom stereocenters. The van der Waals surface area contributed by atoms with Gasteiger partial charge in [0.15, 0.2) is 0 Å². The molecule has 4 heteroatoms. The summed E-state index contributed by atoms with van der Waals surface area (Å²) in [6, 6.07) is 3.59. The molecule has 0 saturated heterocycles. The summed E-state index contributed by atoms with van der Waals surface area (Å²) in [5.74, 6) is 1.48. The molecule has 3 nitrogen and oxygen atoms in total. The molecule has 1 rings (SSSR count). The van der Waals surface area contributed by atoms with Gasteiger partial charge in [-0.15, -0.1) is 0 Å². The zero-order valence-corrected chi connectivity index (χ0v) is 10.6. The number of benzene rings is 1. The van der Waals surface area contributed by atoms with Gasteiger partial charge >= 0.3 is 0 Å². The van der Waals surface area contributed by atoms with E-state index in [9.17, 15) is 4.79 Å². The van der Waals surface area contributed by atoms with Gasteiger partial charge in [-0.3, -0.25) is 4.79 Å². The Hall–Kier alpha value is -1.03. The Morgan fingerprint density at radius 2 is 1.80 bits per heavy atom. The first-order valence-electron chi connectivity index (χ1n) is 4.49. The first kappa shape index (κ1) is 12.0. The number of hydrogen-bond acceptors (Lipinski definition) is 3. The molecule has 82 valence electrons. The summed E-state index contributed by atoms with van der Waals surface area (Å²) < 4.78 is 11.1. The summed E-state index contributed by atoms with van der Waals surface area (Å²) in [6.07, 6.45) is 0.334. The third-order valence-corrected chi connectivity index (χ3v) is 2.90. The molecule has 0 atom stereocenters. The van der Waals surface area contributed by atoms with E-state index in [4.69, 9.17) is 9.47 Å². The first-order valence-corrected chi connectivity index (χ1v) is 5.28. The monoisotopic (exact) mass is 272 g/mol. The Kier molecular flexibility index (Phi) is 4.15. The van der Waals surface area contributed by atoms with Crippen LogP contribution in [0.15, 0.2) is 16.6 Å². The molecule has 1 aromatic carbocycles. The SMILES string of the molecule is COc1ccc(OC)c(CC(C)=O)c1Br. The van der Waals surface area contributed by atoms with Crippen molar-refractivity contribution in [2.45, 2.75) is 13.3 Å². The Bertz CT molecular complexity index is 374. The second kappa shape index (κ2) is 5.16. The number of carbonyl (C=O) groups is 1. The Morgan fingerprint density at radius 1 is 1.27 bits per heavy atom. The molecule has 0 amide bonds. The van der Waals surface area contributed by atoms with Crippen molar-refractivity contribution in [3.05, 3.63) is 22.2 Å². The largest absolute Gasteiger partial charge is 0.496 e. The van der Waals surface area contributed by atoms with Crippen molar-refractivity contribution in [3.8, 4) is 11.5 Å². The third kappa shape index (κ3) is 2.72. The summed E-state index contributed by atoms with van der Waals surface area (Å²) in [5.41, 5.74) is 0.823. The molecule has 1 aromatic rings. The maximum Gasteiger partial charge on any atom is 0.134 e. The Labute approximate surface area is 97.5 Å². The highest BCUT2D eigenvalue weighted by Crippen LogP contribution is 2.35. The fourth-order valence-corrected chi connectivity index (χ4v) is 1.97. The fraction of sp³-hybridized carbons (Fsp3) is 0.364. The number of rotatable bonds is 4. The number of hydrogen-bond donors (Lipinski definition) is 0. The predicted molar refractivity (Wildman–Crippen MR) is 61.6 cm³/mol. The van der Waals surface area contributed by atoms with Gasteiger partial charge in [0, 0.05) is 12.0 Å². The van der Waals surface area contributed by atoms with Crippen molar-refractivity contribution in [3.63, 3.8) is 0 Å². The van der Waals surface area contributed by atoms with Crippen molar-refractivity contribution < 1.29 is 14.3 Å². The van der Waals surface area contributed by atoms with Crippen LogP contribution in [0.2, 0.25) is 0 Å². The maximum absolute atomic E-state index is 11.1. The highest BCUT2D eigenvalue weighted by Gasteiger charge is 2.13. The summed E-state index contributed by atoms with van der Waals surface area (Å²) >= 11 is 3.40. The molecule has 0 saturated carbocycles. The van der Waals surface area contributed by atoms with Gasteiger partial charge in [0.05, 0.1) is 18.7 Å². The minimum atomic E-state index is 0.0854.